The Morgan fingerprint density at radius 3 is 2.79 bits per heavy atom. The molecule has 0 bridgehead atoms. The first-order valence-electron chi connectivity index (χ1n) is 6.30. The Bertz CT molecular complexity index is 502. The summed E-state index contributed by atoms with van der Waals surface area (Å²) in [6.45, 7) is 4.47. The number of nitrogens with one attached hydrogen (secondary N) is 1. The molecule has 102 valence electrons. The average Bonchev–Trinajstić information content (AvgIpc) is 2.33. The Balaban J connectivity index is 2.23. The molecule has 0 aromatic heterocycles. The van der Waals surface area contributed by atoms with Crippen molar-refractivity contribution in [2.75, 3.05) is 6.54 Å². The number of hydrogen-bond donors (Lipinski definition) is 1. The maximum atomic E-state index is 12.0. The van der Waals surface area contributed by atoms with E-state index in [9.17, 15) is 9.59 Å². The van der Waals surface area contributed by atoms with Gasteiger partial charge in [-0.25, -0.2) is 0 Å². The number of carbonyl (C=O) groups excluding carboxylic acids is 2. The molecule has 5 heteroatoms. The summed E-state index contributed by atoms with van der Waals surface area (Å²) in [7, 11) is 0. The van der Waals surface area contributed by atoms with E-state index in [2.05, 4.69) is 21.2 Å². The van der Waals surface area contributed by atoms with Gasteiger partial charge < -0.3 is 10.2 Å². The van der Waals surface area contributed by atoms with Gasteiger partial charge in [0.2, 0.25) is 11.8 Å². The van der Waals surface area contributed by atoms with E-state index in [1.807, 2.05) is 38.1 Å². The molecule has 1 aromatic carbocycles. The number of piperazine rings is 1. The number of halogens is 1. The highest BCUT2D eigenvalue weighted by Gasteiger charge is 2.36. The van der Waals surface area contributed by atoms with Crippen LogP contribution in [0.3, 0.4) is 0 Å². The molecule has 1 N–H and O–H groups in total. The van der Waals surface area contributed by atoms with Crippen molar-refractivity contribution in [3.63, 3.8) is 0 Å². The van der Waals surface area contributed by atoms with E-state index in [1.54, 1.807) is 4.90 Å². The largest absolute Gasteiger partial charge is 0.345 e. The normalized spacial score (nSPS) is 19.8. The summed E-state index contributed by atoms with van der Waals surface area (Å²) in [5, 5.41) is 2.65. The van der Waals surface area contributed by atoms with Gasteiger partial charge in [-0.05, 0) is 23.6 Å². The van der Waals surface area contributed by atoms with Crippen LogP contribution in [0.5, 0.6) is 0 Å². The molecule has 0 aliphatic carbocycles. The number of nitrogens with zero attached hydrogens (tertiary/aromatic N) is 1. The Morgan fingerprint density at radius 2 is 2.16 bits per heavy atom. The maximum Gasteiger partial charge on any atom is 0.243 e. The zero-order valence-electron chi connectivity index (χ0n) is 11.0. The summed E-state index contributed by atoms with van der Waals surface area (Å²) < 4.78 is 0.972. The summed E-state index contributed by atoms with van der Waals surface area (Å²) >= 11 is 3.42. The van der Waals surface area contributed by atoms with Crippen LogP contribution in [0, 0.1) is 5.92 Å². The molecule has 1 aliphatic heterocycles. The molecule has 0 saturated carbocycles. The van der Waals surface area contributed by atoms with E-state index in [1.165, 1.54) is 0 Å². The van der Waals surface area contributed by atoms with E-state index < -0.39 is 0 Å². The number of amides is 2. The molecule has 0 radical (unpaired) electrons. The molecule has 1 aromatic rings. The Kier molecular flexibility index (Phi) is 4.24. The Morgan fingerprint density at radius 1 is 1.42 bits per heavy atom. The first kappa shape index (κ1) is 14.1. The molecule has 1 atom stereocenters. The maximum absolute atomic E-state index is 12.0. The van der Waals surface area contributed by atoms with Crippen molar-refractivity contribution in [1.82, 2.24) is 10.2 Å². The lowest BCUT2D eigenvalue weighted by atomic mass is 9.98. The highest BCUT2D eigenvalue weighted by Crippen LogP contribution is 2.20. The van der Waals surface area contributed by atoms with E-state index in [0.29, 0.717) is 6.54 Å². The molecular formula is C14H17BrN2O2. The molecule has 2 rings (SSSR count). The van der Waals surface area contributed by atoms with Crippen molar-refractivity contribution in [3.05, 3.63) is 34.3 Å². The van der Waals surface area contributed by atoms with Gasteiger partial charge in [0.1, 0.15) is 6.04 Å². The third-order valence-corrected chi connectivity index (χ3v) is 3.71. The van der Waals surface area contributed by atoms with Gasteiger partial charge in [-0.3, -0.25) is 9.59 Å². The highest BCUT2D eigenvalue weighted by molar-refractivity contribution is 9.10. The van der Waals surface area contributed by atoms with Crippen molar-refractivity contribution < 1.29 is 9.59 Å². The SMILES string of the molecule is CC(C)C1C(=O)NCC(=O)N1Cc1cccc(Br)c1. The second-order valence-corrected chi connectivity index (χ2v) is 5.97. The van der Waals surface area contributed by atoms with Crippen LogP contribution in [-0.4, -0.2) is 29.3 Å². The van der Waals surface area contributed by atoms with E-state index >= 15 is 0 Å². The zero-order chi connectivity index (χ0) is 14.0. The fourth-order valence-corrected chi connectivity index (χ4v) is 2.79. The topological polar surface area (TPSA) is 49.4 Å². The number of benzene rings is 1. The van der Waals surface area contributed by atoms with Crippen LogP contribution in [-0.2, 0) is 16.1 Å². The van der Waals surface area contributed by atoms with Crippen molar-refractivity contribution in [1.29, 1.82) is 0 Å². The predicted molar refractivity (Wildman–Crippen MR) is 76.3 cm³/mol. The summed E-state index contributed by atoms with van der Waals surface area (Å²) in [6, 6.07) is 7.41. The summed E-state index contributed by atoms with van der Waals surface area (Å²) in [4.78, 5) is 25.6. The molecule has 2 amide bonds. The Labute approximate surface area is 121 Å². The van der Waals surface area contributed by atoms with Crippen molar-refractivity contribution in [2.45, 2.75) is 26.4 Å². The predicted octanol–water partition coefficient (Wildman–Crippen LogP) is 1.93. The lowest BCUT2D eigenvalue weighted by molar-refractivity contribution is -0.148. The van der Waals surface area contributed by atoms with Crippen LogP contribution >= 0.6 is 15.9 Å². The molecule has 1 saturated heterocycles. The van der Waals surface area contributed by atoms with Gasteiger partial charge in [0.25, 0.3) is 0 Å². The summed E-state index contributed by atoms with van der Waals surface area (Å²) in [6.07, 6.45) is 0. The van der Waals surface area contributed by atoms with Gasteiger partial charge in [0, 0.05) is 11.0 Å². The number of carbonyl (C=O) groups is 2. The molecule has 1 fully saturated rings. The lowest BCUT2D eigenvalue weighted by Crippen LogP contribution is -2.59. The highest BCUT2D eigenvalue weighted by atomic mass is 79.9. The zero-order valence-corrected chi connectivity index (χ0v) is 12.6. The minimum atomic E-state index is -0.389. The lowest BCUT2D eigenvalue weighted by Gasteiger charge is -2.37. The number of rotatable bonds is 3. The third kappa shape index (κ3) is 3.15. The molecule has 19 heavy (non-hydrogen) atoms. The van der Waals surface area contributed by atoms with E-state index in [0.717, 1.165) is 10.0 Å². The van der Waals surface area contributed by atoms with Crippen LogP contribution in [0.1, 0.15) is 19.4 Å². The van der Waals surface area contributed by atoms with Crippen LogP contribution in [0.25, 0.3) is 0 Å². The third-order valence-electron chi connectivity index (χ3n) is 3.21. The summed E-state index contributed by atoms with van der Waals surface area (Å²) in [5.41, 5.74) is 1.02. The van der Waals surface area contributed by atoms with E-state index in [4.69, 9.17) is 0 Å². The van der Waals surface area contributed by atoms with Crippen molar-refractivity contribution >= 4 is 27.7 Å². The van der Waals surface area contributed by atoms with Gasteiger partial charge in [-0.2, -0.15) is 0 Å². The smallest absolute Gasteiger partial charge is 0.243 e. The van der Waals surface area contributed by atoms with Crippen LogP contribution in [0.2, 0.25) is 0 Å². The minimum Gasteiger partial charge on any atom is -0.345 e. The molecule has 0 spiro atoms. The second kappa shape index (κ2) is 5.74. The standard InChI is InChI=1S/C14H17BrN2O2/c1-9(2)13-14(19)16-7-12(18)17(13)8-10-4-3-5-11(15)6-10/h3-6,9,13H,7-8H2,1-2H3,(H,16,19). The van der Waals surface area contributed by atoms with E-state index in [-0.39, 0.29) is 30.3 Å². The first-order chi connectivity index (χ1) is 8.99. The second-order valence-electron chi connectivity index (χ2n) is 5.06. The quantitative estimate of drug-likeness (QED) is 0.923. The van der Waals surface area contributed by atoms with Gasteiger partial charge in [0.05, 0.1) is 6.54 Å². The molecule has 4 nitrogen and oxygen atoms in total. The van der Waals surface area contributed by atoms with Gasteiger partial charge in [0.15, 0.2) is 0 Å². The molecule has 1 aliphatic rings. The van der Waals surface area contributed by atoms with Crippen molar-refractivity contribution in [3.8, 4) is 0 Å². The van der Waals surface area contributed by atoms with Crippen LogP contribution < -0.4 is 5.32 Å². The average molecular weight is 325 g/mol. The van der Waals surface area contributed by atoms with Gasteiger partial charge >= 0.3 is 0 Å². The minimum absolute atomic E-state index is 0.0294. The van der Waals surface area contributed by atoms with Gasteiger partial charge in [-0.1, -0.05) is 41.9 Å². The van der Waals surface area contributed by atoms with Gasteiger partial charge in [-0.15, -0.1) is 0 Å². The molecular weight excluding hydrogens is 308 g/mol. The van der Waals surface area contributed by atoms with Crippen molar-refractivity contribution in [2.24, 2.45) is 5.92 Å². The fraction of sp³-hybridized carbons (Fsp3) is 0.429. The number of hydrogen-bond acceptors (Lipinski definition) is 2. The Hall–Kier alpha value is -1.36. The first-order valence-corrected chi connectivity index (χ1v) is 7.10. The molecule has 1 unspecified atom stereocenters. The monoisotopic (exact) mass is 324 g/mol. The van der Waals surface area contributed by atoms with Crippen LogP contribution in [0.15, 0.2) is 28.7 Å². The van der Waals surface area contributed by atoms with Crippen LogP contribution in [0.4, 0.5) is 0 Å². The molecule has 1 heterocycles. The fourth-order valence-electron chi connectivity index (χ4n) is 2.35. The summed E-state index contributed by atoms with van der Waals surface area (Å²) in [5.74, 6) is -0.000671.